The maximum atomic E-state index is 9.20. The van der Waals surface area contributed by atoms with Crippen molar-refractivity contribution in [1.29, 1.82) is 0 Å². The van der Waals surface area contributed by atoms with E-state index in [4.69, 9.17) is 16.3 Å². The van der Waals surface area contributed by atoms with Gasteiger partial charge in [-0.1, -0.05) is 17.7 Å². The monoisotopic (exact) mass is 301 g/mol. The molecular weight excluding hydrogens is 286 g/mol. The lowest BCUT2D eigenvalue weighted by Crippen LogP contribution is -2.00. The maximum Gasteiger partial charge on any atom is 0.123 e. The van der Waals surface area contributed by atoms with Crippen LogP contribution in [0.3, 0.4) is 0 Å². The first-order valence-electron chi connectivity index (χ1n) is 6.72. The van der Waals surface area contributed by atoms with E-state index in [2.05, 4.69) is 4.57 Å². The minimum Gasteiger partial charge on any atom is -0.496 e. The van der Waals surface area contributed by atoms with E-state index in [0.717, 1.165) is 27.8 Å². The minimum absolute atomic E-state index is 0.0588. The Bertz CT molecular complexity index is 780. The van der Waals surface area contributed by atoms with Gasteiger partial charge in [0.2, 0.25) is 0 Å². The predicted octanol–water partition coefficient (Wildman–Crippen LogP) is 3.84. The zero-order chi connectivity index (χ0) is 14.8. The Morgan fingerprint density at radius 1 is 1.14 bits per heavy atom. The number of benzene rings is 2. The molecule has 0 aliphatic carbocycles. The van der Waals surface area contributed by atoms with Gasteiger partial charge in [0.1, 0.15) is 5.75 Å². The van der Waals surface area contributed by atoms with Gasteiger partial charge in [0, 0.05) is 22.3 Å². The Hall–Kier alpha value is -1.97. The summed E-state index contributed by atoms with van der Waals surface area (Å²) in [6.45, 7) is 0.745. The molecule has 0 radical (unpaired) electrons. The molecule has 3 nitrogen and oxygen atoms in total. The molecule has 3 rings (SSSR count). The van der Waals surface area contributed by atoms with Gasteiger partial charge in [-0.3, -0.25) is 0 Å². The Balaban J connectivity index is 2.00. The fourth-order valence-electron chi connectivity index (χ4n) is 2.54. The molecule has 0 aliphatic heterocycles. The van der Waals surface area contributed by atoms with E-state index in [9.17, 15) is 5.11 Å². The number of rotatable bonds is 4. The van der Waals surface area contributed by atoms with Gasteiger partial charge in [-0.15, -0.1) is 0 Å². The summed E-state index contributed by atoms with van der Waals surface area (Å²) in [5.74, 6) is 0.827. The number of halogens is 1. The van der Waals surface area contributed by atoms with Crippen molar-refractivity contribution < 1.29 is 9.84 Å². The molecule has 21 heavy (non-hydrogen) atoms. The van der Waals surface area contributed by atoms with E-state index in [1.54, 1.807) is 7.11 Å². The Morgan fingerprint density at radius 2 is 2.00 bits per heavy atom. The molecule has 0 fully saturated rings. The number of nitrogens with zero attached hydrogens (tertiary/aromatic N) is 1. The quantitative estimate of drug-likeness (QED) is 0.794. The van der Waals surface area contributed by atoms with Crippen molar-refractivity contribution in [2.75, 3.05) is 7.11 Å². The van der Waals surface area contributed by atoms with Gasteiger partial charge in [-0.05, 0) is 47.3 Å². The number of fused-ring (bicyclic) bond motifs is 1. The normalized spacial score (nSPS) is 11.0. The van der Waals surface area contributed by atoms with E-state index in [1.165, 1.54) is 0 Å². The molecule has 0 amide bonds. The molecule has 2 aromatic carbocycles. The van der Waals surface area contributed by atoms with Crippen molar-refractivity contribution in [2.45, 2.75) is 13.2 Å². The number of methoxy groups -OCH3 is 1. The predicted molar refractivity (Wildman–Crippen MR) is 85.0 cm³/mol. The van der Waals surface area contributed by atoms with Crippen LogP contribution >= 0.6 is 11.6 Å². The molecular formula is C17H16ClNO2. The lowest BCUT2D eigenvalue weighted by molar-refractivity contribution is 0.282. The molecule has 0 unspecified atom stereocenters. The SMILES string of the molecule is COc1ccc(Cl)cc1Cn1ccc2cc(CO)ccc21. The first-order chi connectivity index (χ1) is 10.2. The van der Waals surface area contributed by atoms with Gasteiger partial charge in [0.05, 0.1) is 20.3 Å². The van der Waals surface area contributed by atoms with Gasteiger partial charge < -0.3 is 14.4 Å². The summed E-state index contributed by atoms with van der Waals surface area (Å²) < 4.78 is 7.54. The topological polar surface area (TPSA) is 34.4 Å². The molecule has 4 heteroatoms. The van der Waals surface area contributed by atoms with E-state index in [0.29, 0.717) is 11.6 Å². The van der Waals surface area contributed by atoms with Crippen LogP contribution in [-0.2, 0) is 13.2 Å². The number of hydrogen-bond acceptors (Lipinski definition) is 2. The summed E-state index contributed by atoms with van der Waals surface area (Å²) in [6.07, 6.45) is 2.03. The molecule has 0 saturated carbocycles. The fourth-order valence-corrected chi connectivity index (χ4v) is 2.73. The van der Waals surface area contributed by atoms with Crippen molar-refractivity contribution in [3.8, 4) is 5.75 Å². The van der Waals surface area contributed by atoms with Crippen molar-refractivity contribution in [1.82, 2.24) is 4.57 Å². The summed E-state index contributed by atoms with van der Waals surface area (Å²) in [5, 5.41) is 11.0. The van der Waals surface area contributed by atoms with E-state index in [-0.39, 0.29) is 6.61 Å². The number of aliphatic hydroxyl groups excluding tert-OH is 1. The average molecular weight is 302 g/mol. The summed E-state index contributed by atoms with van der Waals surface area (Å²) in [6, 6.07) is 13.6. The summed E-state index contributed by atoms with van der Waals surface area (Å²) in [5.41, 5.74) is 3.07. The molecule has 0 spiro atoms. The first-order valence-corrected chi connectivity index (χ1v) is 7.10. The third-order valence-corrected chi connectivity index (χ3v) is 3.84. The van der Waals surface area contributed by atoms with E-state index < -0.39 is 0 Å². The van der Waals surface area contributed by atoms with Crippen molar-refractivity contribution >= 4 is 22.5 Å². The summed E-state index contributed by atoms with van der Waals surface area (Å²) in [7, 11) is 1.66. The highest BCUT2D eigenvalue weighted by atomic mass is 35.5. The van der Waals surface area contributed by atoms with Gasteiger partial charge in [-0.25, -0.2) is 0 Å². The first kappa shape index (κ1) is 14.0. The van der Waals surface area contributed by atoms with Crippen molar-refractivity contribution in [3.05, 3.63) is 64.8 Å². The van der Waals surface area contributed by atoms with Crippen LogP contribution in [0.4, 0.5) is 0 Å². The largest absolute Gasteiger partial charge is 0.496 e. The molecule has 0 aliphatic rings. The third kappa shape index (κ3) is 2.75. The second kappa shape index (κ2) is 5.80. The molecule has 0 saturated heterocycles. The van der Waals surface area contributed by atoms with Gasteiger partial charge in [0.25, 0.3) is 0 Å². The van der Waals surface area contributed by atoms with Crippen LogP contribution in [0.5, 0.6) is 5.75 Å². The summed E-state index contributed by atoms with van der Waals surface area (Å²) >= 11 is 6.08. The van der Waals surface area contributed by atoms with Crippen LogP contribution in [0.2, 0.25) is 5.02 Å². The highest BCUT2D eigenvalue weighted by Gasteiger charge is 2.07. The molecule has 0 atom stereocenters. The molecule has 0 bridgehead atoms. The highest BCUT2D eigenvalue weighted by molar-refractivity contribution is 6.30. The Labute approximate surface area is 128 Å². The zero-order valence-electron chi connectivity index (χ0n) is 11.7. The van der Waals surface area contributed by atoms with E-state index >= 15 is 0 Å². The number of aliphatic hydroxyl groups is 1. The molecule has 108 valence electrons. The number of hydrogen-bond donors (Lipinski definition) is 1. The second-order valence-electron chi connectivity index (χ2n) is 4.95. The molecule has 1 heterocycles. The van der Waals surface area contributed by atoms with E-state index in [1.807, 2.05) is 48.7 Å². The van der Waals surface area contributed by atoms with Crippen molar-refractivity contribution in [2.24, 2.45) is 0 Å². The van der Waals surface area contributed by atoms with Crippen LogP contribution in [0.1, 0.15) is 11.1 Å². The van der Waals surface area contributed by atoms with Crippen molar-refractivity contribution in [3.63, 3.8) is 0 Å². The molecule has 3 aromatic rings. The Morgan fingerprint density at radius 3 is 2.76 bits per heavy atom. The zero-order valence-corrected chi connectivity index (χ0v) is 12.5. The number of ether oxygens (including phenoxy) is 1. The summed E-state index contributed by atoms with van der Waals surface area (Å²) in [4.78, 5) is 0. The lowest BCUT2D eigenvalue weighted by atomic mass is 10.1. The standard InChI is InChI=1S/C17H16ClNO2/c1-21-17-5-3-15(18)9-14(17)10-19-7-6-13-8-12(11-20)2-4-16(13)19/h2-9,20H,10-11H2,1H3. The van der Waals surface area contributed by atoms with Gasteiger partial charge in [0.15, 0.2) is 0 Å². The van der Waals surface area contributed by atoms with Gasteiger partial charge >= 0.3 is 0 Å². The molecule has 1 N–H and O–H groups in total. The highest BCUT2D eigenvalue weighted by Crippen LogP contribution is 2.26. The average Bonchev–Trinajstić information content (AvgIpc) is 2.90. The minimum atomic E-state index is 0.0588. The lowest BCUT2D eigenvalue weighted by Gasteiger charge is -2.11. The van der Waals surface area contributed by atoms with Crippen LogP contribution in [-0.4, -0.2) is 16.8 Å². The maximum absolute atomic E-state index is 9.20. The third-order valence-electron chi connectivity index (χ3n) is 3.60. The smallest absolute Gasteiger partial charge is 0.123 e. The second-order valence-corrected chi connectivity index (χ2v) is 5.39. The van der Waals surface area contributed by atoms with Crippen LogP contribution in [0.15, 0.2) is 48.7 Å². The van der Waals surface area contributed by atoms with Gasteiger partial charge in [-0.2, -0.15) is 0 Å². The van der Waals surface area contributed by atoms with Crippen LogP contribution < -0.4 is 4.74 Å². The number of aromatic nitrogens is 1. The fraction of sp³-hybridized carbons (Fsp3) is 0.176. The Kier molecular flexibility index (Phi) is 3.86. The van der Waals surface area contributed by atoms with Crippen LogP contribution in [0.25, 0.3) is 10.9 Å². The van der Waals surface area contributed by atoms with Crippen LogP contribution in [0, 0.1) is 0 Å². The molecule has 1 aromatic heterocycles.